The van der Waals surface area contributed by atoms with Crippen molar-refractivity contribution in [3.05, 3.63) is 144 Å². The Balaban J connectivity index is 1.68. The van der Waals surface area contributed by atoms with Gasteiger partial charge in [-0.2, -0.15) is 0 Å². The number of carbonyl (C=O) groups is 1. The second kappa shape index (κ2) is 13.8. The second-order valence-corrected chi connectivity index (χ2v) is 10.1. The molecule has 4 aromatic rings. The molecule has 3 N–H and O–H groups in total. The number of nitrogens with zero attached hydrogens (tertiary/aromatic N) is 1. The molecular weight excluding hydrogens is 468 g/mol. The van der Waals surface area contributed by atoms with E-state index in [1.165, 1.54) is 0 Å². The SMILES string of the molecule is CC(=O)[C@@H](Cc1ccccc1)C[C@H](O)[C@H](C(N)c1ccccc1)N(Cc1ccccc1)Cc1ccccc1. The van der Waals surface area contributed by atoms with Crippen LogP contribution in [0.5, 0.6) is 0 Å². The van der Waals surface area contributed by atoms with E-state index in [0.717, 1.165) is 22.3 Å². The zero-order valence-corrected chi connectivity index (χ0v) is 22.1. The van der Waals surface area contributed by atoms with Crippen LogP contribution in [-0.2, 0) is 24.3 Å². The predicted octanol–water partition coefficient (Wildman–Crippen LogP) is 5.96. The maximum absolute atomic E-state index is 12.7. The van der Waals surface area contributed by atoms with Crippen molar-refractivity contribution in [2.24, 2.45) is 11.7 Å². The minimum absolute atomic E-state index is 0.0811. The molecule has 0 aliphatic carbocycles. The fourth-order valence-corrected chi connectivity index (χ4v) is 5.21. The number of carbonyl (C=O) groups excluding carboxylic acids is 1. The molecule has 4 atom stereocenters. The number of aliphatic hydroxyl groups excluding tert-OH is 1. The highest BCUT2D eigenvalue weighted by Gasteiger charge is 2.35. The van der Waals surface area contributed by atoms with Crippen LogP contribution >= 0.6 is 0 Å². The normalized spacial score (nSPS) is 14.5. The maximum atomic E-state index is 12.7. The number of aliphatic hydroxyl groups is 1. The molecule has 0 heterocycles. The molecule has 0 amide bonds. The van der Waals surface area contributed by atoms with Crippen LogP contribution in [-0.4, -0.2) is 27.9 Å². The molecule has 4 aromatic carbocycles. The van der Waals surface area contributed by atoms with Gasteiger partial charge in [-0.05, 0) is 42.0 Å². The molecule has 196 valence electrons. The Morgan fingerprint density at radius 3 is 1.58 bits per heavy atom. The van der Waals surface area contributed by atoms with Crippen LogP contribution in [0.25, 0.3) is 0 Å². The quantitative estimate of drug-likeness (QED) is 0.235. The minimum atomic E-state index is -0.810. The molecule has 1 unspecified atom stereocenters. The van der Waals surface area contributed by atoms with Crippen molar-refractivity contribution in [3.8, 4) is 0 Å². The molecule has 0 aromatic heterocycles. The fraction of sp³-hybridized carbons (Fsp3) is 0.265. The average Bonchev–Trinajstić information content (AvgIpc) is 2.95. The Morgan fingerprint density at radius 1 is 0.711 bits per heavy atom. The van der Waals surface area contributed by atoms with Gasteiger partial charge in [0.05, 0.1) is 12.1 Å². The van der Waals surface area contributed by atoms with E-state index in [-0.39, 0.29) is 11.7 Å². The van der Waals surface area contributed by atoms with E-state index in [1.807, 2.05) is 97.1 Å². The van der Waals surface area contributed by atoms with Crippen molar-refractivity contribution in [3.63, 3.8) is 0 Å². The van der Waals surface area contributed by atoms with E-state index in [1.54, 1.807) is 6.92 Å². The van der Waals surface area contributed by atoms with Crippen molar-refractivity contribution < 1.29 is 9.90 Å². The molecule has 0 saturated heterocycles. The van der Waals surface area contributed by atoms with Gasteiger partial charge >= 0.3 is 0 Å². The summed E-state index contributed by atoms with van der Waals surface area (Å²) in [6.45, 7) is 2.88. The van der Waals surface area contributed by atoms with Crippen LogP contribution in [0.2, 0.25) is 0 Å². The van der Waals surface area contributed by atoms with Gasteiger partial charge in [0.2, 0.25) is 0 Å². The van der Waals surface area contributed by atoms with Crippen LogP contribution in [0.15, 0.2) is 121 Å². The third kappa shape index (κ3) is 7.72. The predicted molar refractivity (Wildman–Crippen MR) is 154 cm³/mol. The molecule has 0 spiro atoms. The molecule has 38 heavy (non-hydrogen) atoms. The summed E-state index contributed by atoms with van der Waals surface area (Å²) in [5, 5.41) is 11.9. The summed E-state index contributed by atoms with van der Waals surface area (Å²) in [6.07, 6.45) is 0.128. The minimum Gasteiger partial charge on any atom is -0.391 e. The van der Waals surface area contributed by atoms with Crippen LogP contribution in [0, 0.1) is 5.92 Å². The summed E-state index contributed by atoms with van der Waals surface area (Å²) in [6, 6.07) is 39.7. The smallest absolute Gasteiger partial charge is 0.133 e. The topological polar surface area (TPSA) is 66.6 Å². The van der Waals surface area contributed by atoms with Gasteiger partial charge in [0.1, 0.15) is 5.78 Å². The highest BCUT2D eigenvalue weighted by molar-refractivity contribution is 5.78. The van der Waals surface area contributed by atoms with E-state index in [9.17, 15) is 9.90 Å². The molecule has 0 aliphatic rings. The Hall–Kier alpha value is -3.57. The summed E-state index contributed by atoms with van der Waals surface area (Å²) in [5.41, 5.74) is 11.3. The Morgan fingerprint density at radius 2 is 1.13 bits per heavy atom. The van der Waals surface area contributed by atoms with Gasteiger partial charge < -0.3 is 10.8 Å². The molecule has 4 rings (SSSR count). The van der Waals surface area contributed by atoms with Crippen molar-refractivity contribution >= 4 is 5.78 Å². The highest BCUT2D eigenvalue weighted by atomic mass is 16.3. The van der Waals surface area contributed by atoms with E-state index in [0.29, 0.717) is 25.9 Å². The lowest BCUT2D eigenvalue weighted by Crippen LogP contribution is -2.50. The molecule has 0 fully saturated rings. The van der Waals surface area contributed by atoms with Crippen molar-refractivity contribution in [2.45, 2.75) is 51.0 Å². The molecular formula is C34H38N2O2. The Bertz CT molecular complexity index is 1190. The number of hydrogen-bond acceptors (Lipinski definition) is 4. The summed E-state index contributed by atoms with van der Waals surface area (Å²) < 4.78 is 0. The monoisotopic (exact) mass is 506 g/mol. The summed E-state index contributed by atoms with van der Waals surface area (Å²) >= 11 is 0. The van der Waals surface area contributed by atoms with Crippen LogP contribution in [0.4, 0.5) is 0 Å². The first-order chi connectivity index (χ1) is 18.5. The van der Waals surface area contributed by atoms with Crippen LogP contribution < -0.4 is 5.73 Å². The third-order valence-corrected chi connectivity index (χ3v) is 7.25. The summed E-state index contributed by atoms with van der Waals surface area (Å²) in [7, 11) is 0. The molecule has 0 bridgehead atoms. The lowest BCUT2D eigenvalue weighted by molar-refractivity contribution is -0.122. The standard InChI is InChI=1S/C34H38N2O2/c1-26(37)31(22-27-14-6-2-7-15-27)23-32(38)34(33(35)30-20-12-5-13-21-30)36(24-28-16-8-3-9-17-28)25-29-18-10-4-11-19-29/h2-21,31-34,38H,22-25,35H2,1H3/t31-,32-,33?,34+/m0/s1. The number of benzene rings is 4. The van der Waals surface area contributed by atoms with E-state index >= 15 is 0 Å². The lowest BCUT2D eigenvalue weighted by atomic mass is 9.84. The molecule has 0 radical (unpaired) electrons. The molecule has 0 aliphatic heterocycles. The number of ketones is 1. The lowest BCUT2D eigenvalue weighted by Gasteiger charge is -2.40. The van der Waals surface area contributed by atoms with Crippen molar-refractivity contribution in [2.75, 3.05) is 0 Å². The van der Waals surface area contributed by atoms with E-state index < -0.39 is 18.2 Å². The number of nitrogens with two attached hydrogens (primary N) is 1. The van der Waals surface area contributed by atoms with Gasteiger partial charge in [0.25, 0.3) is 0 Å². The zero-order valence-electron chi connectivity index (χ0n) is 22.1. The van der Waals surface area contributed by atoms with Gasteiger partial charge in [-0.3, -0.25) is 9.69 Å². The largest absolute Gasteiger partial charge is 0.391 e. The highest BCUT2D eigenvalue weighted by Crippen LogP contribution is 2.29. The van der Waals surface area contributed by atoms with Crippen molar-refractivity contribution in [1.82, 2.24) is 4.90 Å². The Labute approximate surface area is 226 Å². The van der Waals surface area contributed by atoms with E-state index in [4.69, 9.17) is 5.73 Å². The van der Waals surface area contributed by atoms with Crippen molar-refractivity contribution in [1.29, 1.82) is 0 Å². The summed E-state index contributed by atoms with van der Waals surface area (Å²) in [5.74, 6) is -0.217. The molecule has 0 saturated carbocycles. The number of rotatable bonds is 13. The average molecular weight is 507 g/mol. The number of hydrogen-bond donors (Lipinski definition) is 2. The van der Waals surface area contributed by atoms with Crippen LogP contribution in [0.1, 0.15) is 41.6 Å². The maximum Gasteiger partial charge on any atom is 0.133 e. The van der Waals surface area contributed by atoms with Gasteiger partial charge in [0, 0.05) is 25.0 Å². The molecule has 4 nitrogen and oxygen atoms in total. The number of Topliss-reactive ketones (excluding diaryl/α,β-unsaturated/α-hetero) is 1. The van der Waals surface area contributed by atoms with Gasteiger partial charge in [0.15, 0.2) is 0 Å². The first kappa shape index (κ1) is 27.5. The van der Waals surface area contributed by atoms with Gasteiger partial charge in [-0.15, -0.1) is 0 Å². The van der Waals surface area contributed by atoms with Crippen LogP contribution in [0.3, 0.4) is 0 Å². The molecule has 4 heteroatoms. The first-order valence-corrected chi connectivity index (χ1v) is 13.4. The Kier molecular flexibility index (Phi) is 9.99. The van der Waals surface area contributed by atoms with Gasteiger partial charge in [-0.25, -0.2) is 0 Å². The second-order valence-electron chi connectivity index (χ2n) is 10.1. The first-order valence-electron chi connectivity index (χ1n) is 13.4. The van der Waals surface area contributed by atoms with E-state index in [2.05, 4.69) is 29.2 Å². The summed E-state index contributed by atoms with van der Waals surface area (Å²) in [4.78, 5) is 15.0. The van der Waals surface area contributed by atoms with Gasteiger partial charge in [-0.1, -0.05) is 121 Å². The zero-order chi connectivity index (χ0) is 26.7. The third-order valence-electron chi connectivity index (χ3n) is 7.25. The fourth-order valence-electron chi connectivity index (χ4n) is 5.21.